The predicted molar refractivity (Wildman–Crippen MR) is 148 cm³/mol. The molecule has 0 aliphatic carbocycles. The minimum atomic E-state index is -0.261. The standard InChI is InChI=1S/C29H35FN6O/c1-29(2,3)34-28(37)36-15-10-20(11-16-36)26-18-23-25(7-12-31-27(23)33-26)32-21-5-6-24(30)22(17-21)19-8-13-35(4)14-9-19/h5-8,10,12,17-18H,9,11,13-16H2,1-4H3,(H,34,37)(H2,31,32,33). The number of anilines is 2. The lowest BCUT2D eigenvalue weighted by atomic mass is 9.98. The molecule has 4 heterocycles. The topological polar surface area (TPSA) is 76.3 Å². The molecule has 2 aliphatic rings. The van der Waals surface area contributed by atoms with Gasteiger partial charge in [0.2, 0.25) is 0 Å². The number of H-pyrrole nitrogens is 1. The summed E-state index contributed by atoms with van der Waals surface area (Å²) in [6.45, 7) is 8.93. The fourth-order valence-electron chi connectivity index (χ4n) is 4.83. The number of amides is 2. The van der Waals surface area contributed by atoms with Crippen molar-refractivity contribution < 1.29 is 9.18 Å². The van der Waals surface area contributed by atoms with Crippen molar-refractivity contribution in [3.05, 3.63) is 65.8 Å². The molecular weight excluding hydrogens is 467 g/mol. The number of carbonyl (C=O) groups excluding carboxylic acids is 1. The monoisotopic (exact) mass is 502 g/mol. The number of aromatic amines is 1. The normalized spacial score (nSPS) is 16.9. The molecule has 0 saturated heterocycles. The van der Waals surface area contributed by atoms with E-state index in [0.29, 0.717) is 18.7 Å². The summed E-state index contributed by atoms with van der Waals surface area (Å²) in [7, 11) is 2.07. The molecule has 0 bridgehead atoms. The number of nitrogens with zero attached hydrogens (tertiary/aromatic N) is 3. The third kappa shape index (κ3) is 5.69. The Labute approximate surface area is 217 Å². The van der Waals surface area contributed by atoms with Crippen LogP contribution in [0.1, 0.15) is 44.9 Å². The Morgan fingerprint density at radius 1 is 1.05 bits per heavy atom. The van der Waals surface area contributed by atoms with E-state index < -0.39 is 0 Å². The van der Waals surface area contributed by atoms with Gasteiger partial charge in [-0.3, -0.25) is 0 Å². The zero-order valence-electron chi connectivity index (χ0n) is 22.0. The third-order valence-corrected chi connectivity index (χ3v) is 6.86. The van der Waals surface area contributed by atoms with Crippen LogP contribution in [0, 0.1) is 5.82 Å². The van der Waals surface area contributed by atoms with Gasteiger partial charge in [0.25, 0.3) is 0 Å². The van der Waals surface area contributed by atoms with Gasteiger partial charge in [-0.15, -0.1) is 0 Å². The van der Waals surface area contributed by atoms with E-state index >= 15 is 0 Å². The Kier molecular flexibility index (Phi) is 6.77. The number of nitrogens with one attached hydrogen (secondary N) is 3. The molecule has 2 aliphatic heterocycles. The first kappa shape index (κ1) is 25.0. The van der Waals surface area contributed by atoms with Crippen LogP contribution in [-0.2, 0) is 0 Å². The summed E-state index contributed by atoms with van der Waals surface area (Å²) in [4.78, 5) is 24.5. The molecule has 8 heteroatoms. The van der Waals surface area contributed by atoms with E-state index in [9.17, 15) is 9.18 Å². The van der Waals surface area contributed by atoms with Crippen LogP contribution in [-0.4, -0.2) is 64.6 Å². The van der Waals surface area contributed by atoms with Crippen LogP contribution in [0.15, 0.2) is 48.7 Å². The molecule has 0 spiro atoms. The summed E-state index contributed by atoms with van der Waals surface area (Å²) >= 11 is 0. The maximum atomic E-state index is 14.7. The van der Waals surface area contributed by atoms with E-state index in [4.69, 9.17) is 0 Å². The molecule has 0 unspecified atom stereocenters. The highest BCUT2D eigenvalue weighted by molar-refractivity contribution is 5.94. The first-order valence-electron chi connectivity index (χ1n) is 12.8. The quantitative estimate of drug-likeness (QED) is 0.424. The number of fused-ring (bicyclic) bond motifs is 1. The number of rotatable bonds is 4. The third-order valence-electron chi connectivity index (χ3n) is 6.86. The number of aromatic nitrogens is 2. The minimum Gasteiger partial charge on any atom is -0.355 e. The Balaban J connectivity index is 1.35. The number of pyridine rings is 1. The summed E-state index contributed by atoms with van der Waals surface area (Å²) in [6, 6.07) is 9.20. The van der Waals surface area contributed by atoms with Crippen molar-refractivity contribution in [3.63, 3.8) is 0 Å². The van der Waals surface area contributed by atoms with Crippen molar-refractivity contribution in [1.82, 2.24) is 25.1 Å². The molecule has 2 amide bonds. The van der Waals surface area contributed by atoms with Crippen LogP contribution >= 0.6 is 0 Å². The number of hydrogen-bond donors (Lipinski definition) is 3. The van der Waals surface area contributed by atoms with Crippen molar-refractivity contribution in [3.8, 4) is 0 Å². The molecule has 37 heavy (non-hydrogen) atoms. The Morgan fingerprint density at radius 2 is 1.84 bits per heavy atom. The first-order valence-corrected chi connectivity index (χ1v) is 12.8. The van der Waals surface area contributed by atoms with Gasteiger partial charge in [0.15, 0.2) is 0 Å². The van der Waals surface area contributed by atoms with E-state index in [1.54, 1.807) is 12.3 Å². The van der Waals surface area contributed by atoms with Gasteiger partial charge in [-0.1, -0.05) is 12.2 Å². The fourth-order valence-corrected chi connectivity index (χ4v) is 4.83. The maximum Gasteiger partial charge on any atom is 0.318 e. The molecule has 0 saturated carbocycles. The molecule has 7 nitrogen and oxygen atoms in total. The van der Waals surface area contributed by atoms with E-state index in [2.05, 4.69) is 50.8 Å². The molecule has 0 atom stereocenters. The SMILES string of the molecule is CN1CC=C(c2cc(Nc3ccnc4[nH]c(C5=CCN(C(=O)NC(C)(C)C)CC5)cc34)ccc2F)CC1. The second-order valence-corrected chi connectivity index (χ2v) is 11.0. The number of halogens is 1. The van der Waals surface area contributed by atoms with Gasteiger partial charge in [-0.25, -0.2) is 14.2 Å². The number of urea groups is 1. The first-order chi connectivity index (χ1) is 17.7. The Hall–Kier alpha value is -3.65. The van der Waals surface area contributed by atoms with Crippen molar-refractivity contribution in [1.29, 1.82) is 0 Å². The van der Waals surface area contributed by atoms with Crippen LogP contribution in [0.4, 0.5) is 20.6 Å². The maximum absolute atomic E-state index is 14.7. The van der Waals surface area contributed by atoms with Crippen LogP contribution in [0.25, 0.3) is 22.2 Å². The molecule has 0 radical (unpaired) electrons. The van der Waals surface area contributed by atoms with Crippen molar-refractivity contribution >= 4 is 39.6 Å². The smallest absolute Gasteiger partial charge is 0.318 e. The Bertz CT molecular complexity index is 1380. The van der Waals surface area contributed by atoms with E-state index in [0.717, 1.165) is 59.6 Å². The zero-order valence-corrected chi connectivity index (χ0v) is 22.0. The molecule has 3 N–H and O–H groups in total. The van der Waals surface area contributed by atoms with Crippen molar-refractivity contribution in [2.75, 3.05) is 38.5 Å². The second kappa shape index (κ2) is 10.0. The van der Waals surface area contributed by atoms with Crippen molar-refractivity contribution in [2.24, 2.45) is 0 Å². The summed E-state index contributed by atoms with van der Waals surface area (Å²) < 4.78 is 14.7. The number of carbonyl (C=O) groups is 1. The van der Waals surface area contributed by atoms with Crippen LogP contribution in [0.3, 0.4) is 0 Å². The van der Waals surface area contributed by atoms with Crippen LogP contribution in [0.2, 0.25) is 0 Å². The largest absolute Gasteiger partial charge is 0.355 e. The highest BCUT2D eigenvalue weighted by Crippen LogP contribution is 2.32. The van der Waals surface area contributed by atoms with Gasteiger partial charge in [0.05, 0.1) is 5.69 Å². The second-order valence-electron chi connectivity index (χ2n) is 11.0. The molecule has 194 valence electrons. The predicted octanol–water partition coefficient (Wildman–Crippen LogP) is 5.76. The molecule has 3 aromatic rings. The molecular formula is C29H35FN6O. The van der Waals surface area contributed by atoms with E-state index in [-0.39, 0.29) is 17.4 Å². The van der Waals surface area contributed by atoms with Gasteiger partial charge >= 0.3 is 6.03 Å². The van der Waals surface area contributed by atoms with Crippen LogP contribution < -0.4 is 10.6 Å². The zero-order chi connectivity index (χ0) is 26.2. The summed E-state index contributed by atoms with van der Waals surface area (Å²) in [5.74, 6) is -0.195. The average Bonchev–Trinajstić information content (AvgIpc) is 3.30. The van der Waals surface area contributed by atoms with Crippen LogP contribution in [0.5, 0.6) is 0 Å². The molecule has 1 aromatic carbocycles. The highest BCUT2D eigenvalue weighted by Gasteiger charge is 2.23. The number of benzene rings is 1. The van der Waals surface area contributed by atoms with Gasteiger partial charge in [-0.05, 0) is 82.1 Å². The molecule has 5 rings (SSSR count). The highest BCUT2D eigenvalue weighted by atomic mass is 19.1. The van der Waals surface area contributed by atoms with Gasteiger partial charge in [-0.2, -0.15) is 0 Å². The summed E-state index contributed by atoms with van der Waals surface area (Å²) in [5, 5.41) is 7.47. The van der Waals surface area contributed by atoms with Gasteiger partial charge in [0, 0.05) is 60.2 Å². The molecule has 0 fully saturated rings. The lowest BCUT2D eigenvalue weighted by Gasteiger charge is -2.30. The summed E-state index contributed by atoms with van der Waals surface area (Å²) in [6.07, 6.45) is 7.58. The number of likely N-dealkylation sites (N-methyl/N-ethyl adjacent to an activating group) is 1. The number of hydrogen-bond acceptors (Lipinski definition) is 4. The van der Waals surface area contributed by atoms with Gasteiger partial charge in [0.1, 0.15) is 11.5 Å². The van der Waals surface area contributed by atoms with Gasteiger partial charge < -0.3 is 25.4 Å². The summed E-state index contributed by atoms with van der Waals surface area (Å²) in [5.41, 5.74) is 6.15. The Morgan fingerprint density at radius 3 is 2.54 bits per heavy atom. The minimum absolute atomic E-state index is 0.0396. The lowest BCUT2D eigenvalue weighted by molar-refractivity contribution is 0.193. The molecule has 2 aromatic heterocycles. The van der Waals surface area contributed by atoms with Crippen molar-refractivity contribution in [2.45, 2.75) is 39.2 Å². The van der Waals surface area contributed by atoms with E-state index in [1.165, 1.54) is 11.6 Å². The lowest BCUT2D eigenvalue weighted by Crippen LogP contribution is -2.49. The average molecular weight is 503 g/mol. The fraction of sp³-hybridized carbons (Fsp3) is 0.379. The van der Waals surface area contributed by atoms with E-state index in [1.807, 2.05) is 37.8 Å².